The van der Waals surface area contributed by atoms with E-state index in [1.807, 2.05) is 11.4 Å². The Balaban J connectivity index is 2.29. The fraction of sp³-hybridized carbons (Fsp3) is 0.0909. The number of rotatable bonds is 2. The molecular weight excluding hydrogens is 349 g/mol. The van der Waals surface area contributed by atoms with E-state index in [0.29, 0.717) is 16.9 Å². The van der Waals surface area contributed by atoms with E-state index in [1.54, 1.807) is 30.6 Å². The average Bonchev–Trinajstić information content (AvgIpc) is 2.75. The highest BCUT2D eigenvalue weighted by molar-refractivity contribution is 14.1. The minimum Gasteiger partial charge on any atom is -0.396 e. The van der Waals surface area contributed by atoms with Crippen molar-refractivity contribution >= 4 is 51.2 Å². The van der Waals surface area contributed by atoms with Gasteiger partial charge in [-0.1, -0.05) is 0 Å². The van der Waals surface area contributed by atoms with Crippen LogP contribution >= 0.6 is 33.9 Å². The molecule has 2 aromatic rings. The summed E-state index contributed by atoms with van der Waals surface area (Å²) in [5.74, 6) is -0.0675. The Kier molecular flexibility index (Phi) is 3.63. The van der Waals surface area contributed by atoms with Crippen LogP contribution in [0, 0.1) is 2.88 Å². The molecule has 0 radical (unpaired) electrons. The van der Waals surface area contributed by atoms with Crippen LogP contribution in [-0.2, 0) is 0 Å². The van der Waals surface area contributed by atoms with E-state index >= 15 is 0 Å². The number of anilines is 2. The molecule has 0 fully saturated rings. The second-order valence-corrected chi connectivity index (χ2v) is 6.24. The van der Waals surface area contributed by atoms with Crippen LogP contribution in [0.15, 0.2) is 29.9 Å². The number of amides is 1. The third-order valence-corrected chi connectivity index (χ3v) is 4.10. The third kappa shape index (κ3) is 2.58. The van der Waals surface area contributed by atoms with E-state index in [1.165, 1.54) is 11.1 Å². The van der Waals surface area contributed by atoms with Crippen molar-refractivity contribution in [1.29, 1.82) is 0 Å². The maximum Gasteiger partial charge on any atom is 0.258 e. The van der Waals surface area contributed by atoms with Gasteiger partial charge >= 0.3 is 0 Å². The number of pyridine rings is 1. The molecule has 1 amide bonds. The van der Waals surface area contributed by atoms with Gasteiger partial charge in [0.25, 0.3) is 5.91 Å². The molecule has 0 aromatic carbocycles. The number of halogens is 1. The largest absolute Gasteiger partial charge is 0.396 e. The van der Waals surface area contributed by atoms with Crippen molar-refractivity contribution in [3.8, 4) is 0 Å². The summed E-state index contributed by atoms with van der Waals surface area (Å²) in [6.45, 7) is 0. The van der Waals surface area contributed by atoms with Gasteiger partial charge in [0.05, 0.1) is 26.0 Å². The maximum atomic E-state index is 12.2. The van der Waals surface area contributed by atoms with Gasteiger partial charge in [0, 0.05) is 18.6 Å². The van der Waals surface area contributed by atoms with Crippen molar-refractivity contribution in [3.05, 3.63) is 38.4 Å². The van der Waals surface area contributed by atoms with Gasteiger partial charge < -0.3 is 10.6 Å². The molecule has 2 heterocycles. The number of hydrogen-bond acceptors (Lipinski definition) is 4. The fourth-order valence-corrected chi connectivity index (χ4v) is 2.75. The van der Waals surface area contributed by atoms with E-state index in [0.717, 1.165) is 2.88 Å². The first-order valence-corrected chi connectivity index (χ1v) is 6.77. The SMILES string of the molecule is CN(C(=O)c1csc(I)c1)c1ccncc1N. The van der Waals surface area contributed by atoms with Crippen LogP contribution in [0.1, 0.15) is 10.4 Å². The zero-order valence-corrected chi connectivity index (χ0v) is 12.0. The standard InChI is InChI=1S/C11H10IN3OS/c1-15(9-2-3-14-5-8(9)13)11(16)7-4-10(12)17-6-7/h2-6H,13H2,1H3. The van der Waals surface area contributed by atoms with E-state index < -0.39 is 0 Å². The monoisotopic (exact) mass is 359 g/mol. The van der Waals surface area contributed by atoms with Gasteiger partial charge in [-0.3, -0.25) is 9.78 Å². The quantitative estimate of drug-likeness (QED) is 0.839. The molecule has 0 bridgehead atoms. The molecule has 0 aliphatic rings. The molecular formula is C11H10IN3OS. The van der Waals surface area contributed by atoms with E-state index in [4.69, 9.17) is 5.73 Å². The number of carbonyl (C=O) groups excluding carboxylic acids is 1. The van der Waals surface area contributed by atoms with E-state index in [-0.39, 0.29) is 5.91 Å². The molecule has 88 valence electrons. The summed E-state index contributed by atoms with van der Waals surface area (Å²) >= 11 is 3.74. The summed E-state index contributed by atoms with van der Waals surface area (Å²) in [6, 6.07) is 3.59. The molecule has 0 spiro atoms. The average molecular weight is 359 g/mol. The van der Waals surface area contributed by atoms with Crippen molar-refractivity contribution in [2.45, 2.75) is 0 Å². The van der Waals surface area contributed by atoms with Crippen LogP contribution in [0.3, 0.4) is 0 Å². The lowest BCUT2D eigenvalue weighted by atomic mass is 10.2. The molecule has 0 unspecified atom stereocenters. The number of aromatic nitrogens is 1. The van der Waals surface area contributed by atoms with Gasteiger partial charge in [-0.15, -0.1) is 11.3 Å². The number of nitrogens with two attached hydrogens (primary N) is 1. The zero-order chi connectivity index (χ0) is 12.4. The highest BCUT2D eigenvalue weighted by Gasteiger charge is 2.16. The second-order valence-electron chi connectivity index (χ2n) is 3.44. The van der Waals surface area contributed by atoms with E-state index in [9.17, 15) is 4.79 Å². The van der Waals surface area contributed by atoms with Crippen molar-refractivity contribution < 1.29 is 4.79 Å². The number of carbonyl (C=O) groups is 1. The van der Waals surface area contributed by atoms with Crippen molar-refractivity contribution in [3.63, 3.8) is 0 Å². The maximum absolute atomic E-state index is 12.2. The van der Waals surface area contributed by atoms with Crippen molar-refractivity contribution in [2.75, 3.05) is 17.7 Å². The van der Waals surface area contributed by atoms with Gasteiger partial charge in [-0.05, 0) is 34.7 Å². The van der Waals surface area contributed by atoms with Gasteiger partial charge in [0.15, 0.2) is 0 Å². The van der Waals surface area contributed by atoms with Crippen LogP contribution < -0.4 is 10.6 Å². The smallest absolute Gasteiger partial charge is 0.258 e. The first kappa shape index (κ1) is 12.3. The number of thiophene rings is 1. The Morgan fingerprint density at radius 1 is 1.59 bits per heavy atom. The molecule has 4 nitrogen and oxygen atoms in total. The van der Waals surface area contributed by atoms with Crippen LogP contribution in [0.5, 0.6) is 0 Å². The summed E-state index contributed by atoms with van der Waals surface area (Å²) < 4.78 is 1.09. The summed E-state index contributed by atoms with van der Waals surface area (Å²) in [5.41, 5.74) is 7.63. The molecule has 0 aliphatic carbocycles. The molecule has 0 saturated heterocycles. The molecule has 0 aliphatic heterocycles. The molecule has 6 heteroatoms. The summed E-state index contributed by atoms with van der Waals surface area (Å²) in [6.07, 6.45) is 3.16. The normalized spacial score (nSPS) is 10.2. The van der Waals surface area contributed by atoms with Gasteiger partial charge in [-0.2, -0.15) is 0 Å². The molecule has 2 aromatic heterocycles. The molecule has 0 saturated carbocycles. The molecule has 2 N–H and O–H groups in total. The van der Waals surface area contributed by atoms with Crippen LogP contribution in [-0.4, -0.2) is 17.9 Å². The van der Waals surface area contributed by atoms with Crippen LogP contribution in [0.2, 0.25) is 0 Å². The number of nitrogen functional groups attached to an aromatic ring is 1. The number of hydrogen-bond donors (Lipinski definition) is 1. The molecule has 17 heavy (non-hydrogen) atoms. The third-order valence-electron chi connectivity index (χ3n) is 2.31. The van der Waals surface area contributed by atoms with Gasteiger partial charge in [-0.25, -0.2) is 0 Å². The van der Waals surface area contributed by atoms with Crippen LogP contribution in [0.4, 0.5) is 11.4 Å². The molecule has 2 rings (SSSR count). The lowest BCUT2D eigenvalue weighted by molar-refractivity contribution is 0.0993. The summed E-state index contributed by atoms with van der Waals surface area (Å²) in [5, 5.41) is 1.85. The minimum absolute atomic E-state index is 0.0675. The van der Waals surface area contributed by atoms with Gasteiger partial charge in [0.1, 0.15) is 0 Å². The Hall–Kier alpha value is -1.15. The minimum atomic E-state index is -0.0675. The van der Waals surface area contributed by atoms with E-state index in [2.05, 4.69) is 27.6 Å². The summed E-state index contributed by atoms with van der Waals surface area (Å²) in [4.78, 5) is 17.6. The van der Waals surface area contributed by atoms with Crippen molar-refractivity contribution in [2.24, 2.45) is 0 Å². The predicted octanol–water partition coefficient (Wildman–Crippen LogP) is 2.61. The Morgan fingerprint density at radius 2 is 2.35 bits per heavy atom. The van der Waals surface area contributed by atoms with Crippen molar-refractivity contribution in [1.82, 2.24) is 4.98 Å². The fourth-order valence-electron chi connectivity index (χ4n) is 1.43. The lowest BCUT2D eigenvalue weighted by Gasteiger charge is -2.18. The second kappa shape index (κ2) is 5.01. The predicted molar refractivity (Wildman–Crippen MR) is 78.4 cm³/mol. The van der Waals surface area contributed by atoms with Gasteiger partial charge in [0.2, 0.25) is 0 Å². The lowest BCUT2D eigenvalue weighted by Crippen LogP contribution is -2.26. The zero-order valence-electron chi connectivity index (χ0n) is 9.05. The Bertz CT molecular complexity index is 555. The summed E-state index contributed by atoms with van der Waals surface area (Å²) in [7, 11) is 1.71. The number of nitrogens with zero attached hydrogens (tertiary/aromatic N) is 2. The highest BCUT2D eigenvalue weighted by Crippen LogP contribution is 2.24. The van der Waals surface area contributed by atoms with Crippen LogP contribution in [0.25, 0.3) is 0 Å². The highest BCUT2D eigenvalue weighted by atomic mass is 127. The first-order chi connectivity index (χ1) is 8.09. The Morgan fingerprint density at radius 3 is 2.94 bits per heavy atom. The topological polar surface area (TPSA) is 59.2 Å². The molecule has 0 atom stereocenters. The first-order valence-electron chi connectivity index (χ1n) is 4.81. The Labute approximate surface area is 117 Å².